The molecule has 0 heterocycles. The van der Waals surface area contributed by atoms with Gasteiger partial charge in [0.05, 0.1) is 0 Å². The minimum Gasteiger partial charge on any atom is -1.00 e. The number of hydrogen-bond acceptors (Lipinski definition) is 0. The van der Waals surface area contributed by atoms with Gasteiger partial charge in [-0.05, 0) is 5.56 Å². The van der Waals surface area contributed by atoms with Crippen LogP contribution in [0.15, 0.2) is 115 Å². The van der Waals surface area contributed by atoms with E-state index in [4.69, 9.17) is 0 Å². The second-order valence-electron chi connectivity index (χ2n) is 8.86. The van der Waals surface area contributed by atoms with Crippen LogP contribution in [0.25, 0.3) is 38.6 Å². The van der Waals surface area contributed by atoms with Gasteiger partial charge in [-0.15, -0.1) is 46.2 Å². The summed E-state index contributed by atoms with van der Waals surface area (Å²) in [5, 5.41) is 2.62. The molecule has 5 aromatic carbocycles. The van der Waals surface area contributed by atoms with Crippen molar-refractivity contribution in [3.05, 3.63) is 132 Å². The van der Waals surface area contributed by atoms with E-state index in [1.54, 1.807) is 0 Å². The molecule has 0 spiro atoms. The number of hydrogen-bond donors (Lipinski definition) is 0. The molecule has 190 valence electrons. The SMILES string of the molecule is CC1=[C-]C(C)c2ccccc21.C[Si]C.[Cl-].[Cl-].[Zr+4].c1ccc(-c2cc3c(-c4ccccc4)cccc3[cH-]2)cc1. The van der Waals surface area contributed by atoms with E-state index >= 15 is 0 Å². The Bertz CT molecular complexity index is 1410. The third kappa shape index (κ3) is 8.20. The fourth-order valence-electron chi connectivity index (χ4n) is 4.60. The summed E-state index contributed by atoms with van der Waals surface area (Å²) >= 11 is 0. The molecule has 4 heteroatoms. The number of benzene rings is 4. The average Bonchev–Trinajstić information content (AvgIpc) is 3.47. The summed E-state index contributed by atoms with van der Waals surface area (Å²) in [5.41, 5.74) is 9.23. The fraction of sp³-hybridized carbons (Fsp3) is 0.147. The molecule has 2 radical (unpaired) electrons. The predicted octanol–water partition coefficient (Wildman–Crippen LogP) is 3.70. The average molecular weight is 631 g/mol. The standard InChI is InChI=1S/C21H15.C11H11.C2H6Si.2ClH.Zr/c1-3-8-16(9-4-1)19-14-18-12-7-13-20(21(18)15-19)17-10-5-2-6-11-17;1-8-7-9(2)11-6-4-3-5-10(8)11;1-3-2;;;/h1-15H;3-6,8H,1-2H3;1-2H3;2*1H;/q2*-1;;;;+4/p-2. The maximum absolute atomic E-state index is 3.40. The first-order valence-corrected chi connectivity index (χ1v) is 14.2. The summed E-state index contributed by atoms with van der Waals surface area (Å²) in [7, 11) is 1.08. The fourth-order valence-corrected chi connectivity index (χ4v) is 4.60. The van der Waals surface area contributed by atoms with Crippen LogP contribution in [-0.4, -0.2) is 9.52 Å². The van der Waals surface area contributed by atoms with Crippen molar-refractivity contribution in [1.29, 1.82) is 0 Å². The maximum atomic E-state index is 3.40. The number of allylic oxidation sites excluding steroid dienone is 2. The zero-order valence-corrected chi connectivity index (χ0v) is 27.3. The van der Waals surface area contributed by atoms with Crippen LogP contribution in [-0.2, 0) is 26.2 Å². The van der Waals surface area contributed by atoms with Crippen LogP contribution < -0.4 is 24.8 Å². The van der Waals surface area contributed by atoms with Gasteiger partial charge in [0.2, 0.25) is 0 Å². The molecule has 0 amide bonds. The first-order valence-electron chi connectivity index (χ1n) is 12.2. The minimum atomic E-state index is 0. The van der Waals surface area contributed by atoms with Gasteiger partial charge < -0.3 is 24.8 Å². The quantitative estimate of drug-likeness (QED) is 0.206. The van der Waals surface area contributed by atoms with Crippen molar-refractivity contribution in [3.8, 4) is 22.3 Å². The summed E-state index contributed by atoms with van der Waals surface area (Å²) in [6.07, 6.45) is 3.40. The Kier molecular flexibility index (Phi) is 15.0. The maximum Gasteiger partial charge on any atom is 4.00 e. The van der Waals surface area contributed by atoms with Crippen molar-refractivity contribution in [3.63, 3.8) is 0 Å². The third-order valence-corrected chi connectivity index (χ3v) is 6.21. The molecule has 1 unspecified atom stereocenters. The molecule has 0 fully saturated rings. The van der Waals surface area contributed by atoms with Crippen molar-refractivity contribution in [2.75, 3.05) is 0 Å². The van der Waals surface area contributed by atoms with Gasteiger partial charge in [0.15, 0.2) is 0 Å². The summed E-state index contributed by atoms with van der Waals surface area (Å²) in [4.78, 5) is 0. The predicted molar refractivity (Wildman–Crippen MR) is 155 cm³/mol. The van der Waals surface area contributed by atoms with Crippen molar-refractivity contribution >= 4 is 25.9 Å². The Morgan fingerprint density at radius 2 is 1.21 bits per heavy atom. The molecular weight excluding hydrogens is 599 g/mol. The van der Waals surface area contributed by atoms with Gasteiger partial charge in [-0.2, -0.15) is 5.56 Å². The number of rotatable bonds is 2. The molecule has 6 rings (SSSR count). The van der Waals surface area contributed by atoms with Gasteiger partial charge in [0.1, 0.15) is 0 Å². The molecule has 0 bridgehead atoms. The Morgan fingerprint density at radius 1 is 0.684 bits per heavy atom. The van der Waals surface area contributed by atoms with Crippen LogP contribution in [0, 0.1) is 6.08 Å². The first-order chi connectivity index (χ1) is 17.1. The molecule has 1 aliphatic rings. The van der Waals surface area contributed by atoms with E-state index < -0.39 is 0 Å². The van der Waals surface area contributed by atoms with Gasteiger partial charge in [-0.1, -0.05) is 135 Å². The minimum absolute atomic E-state index is 0. The Morgan fingerprint density at radius 3 is 1.82 bits per heavy atom. The molecule has 5 aromatic rings. The molecule has 1 aliphatic carbocycles. The molecule has 1 atom stereocenters. The van der Waals surface area contributed by atoms with E-state index in [2.05, 4.69) is 148 Å². The Balaban J connectivity index is 0.000000364. The molecule has 0 saturated heterocycles. The summed E-state index contributed by atoms with van der Waals surface area (Å²) in [6.45, 7) is 8.62. The van der Waals surface area contributed by atoms with E-state index in [0.717, 1.165) is 9.52 Å². The van der Waals surface area contributed by atoms with E-state index in [9.17, 15) is 0 Å². The van der Waals surface area contributed by atoms with Gasteiger partial charge in [0.25, 0.3) is 0 Å². The Hall–Kier alpha value is -2.09. The Labute approximate surface area is 262 Å². The van der Waals surface area contributed by atoms with Gasteiger partial charge in [-0.25, -0.2) is 5.57 Å². The molecule has 0 aliphatic heterocycles. The third-order valence-electron chi connectivity index (χ3n) is 6.21. The summed E-state index contributed by atoms with van der Waals surface area (Å²) in [5.74, 6) is 0.492. The largest absolute Gasteiger partial charge is 4.00 e. The smallest absolute Gasteiger partial charge is 1.00 e. The van der Waals surface area contributed by atoms with Gasteiger partial charge in [-0.3, -0.25) is 6.08 Å². The molecule has 0 aromatic heterocycles. The van der Waals surface area contributed by atoms with Crippen molar-refractivity contribution in [2.45, 2.75) is 32.9 Å². The van der Waals surface area contributed by atoms with Crippen LogP contribution >= 0.6 is 0 Å². The zero-order chi connectivity index (χ0) is 24.6. The topological polar surface area (TPSA) is 0 Å². The molecular formula is C34H32Cl2SiZr. The van der Waals surface area contributed by atoms with Crippen LogP contribution in [0.2, 0.25) is 13.1 Å². The van der Waals surface area contributed by atoms with Crippen LogP contribution in [0.5, 0.6) is 0 Å². The molecule has 0 nitrogen and oxygen atoms in total. The molecule has 38 heavy (non-hydrogen) atoms. The second kappa shape index (κ2) is 16.8. The van der Waals surface area contributed by atoms with Crippen molar-refractivity contribution in [2.24, 2.45) is 0 Å². The summed E-state index contributed by atoms with van der Waals surface area (Å²) < 4.78 is 0. The van der Waals surface area contributed by atoms with Gasteiger partial charge >= 0.3 is 26.2 Å². The van der Waals surface area contributed by atoms with Crippen LogP contribution in [0.4, 0.5) is 0 Å². The normalized spacial score (nSPS) is 12.6. The molecule has 0 N–H and O–H groups in total. The van der Waals surface area contributed by atoms with Crippen molar-refractivity contribution < 1.29 is 51.0 Å². The van der Waals surface area contributed by atoms with E-state index in [0.29, 0.717) is 5.92 Å². The second-order valence-corrected chi connectivity index (χ2v) is 9.86. The monoisotopic (exact) mass is 628 g/mol. The zero-order valence-electron chi connectivity index (χ0n) is 22.3. The van der Waals surface area contributed by atoms with Gasteiger partial charge in [0, 0.05) is 9.52 Å². The van der Waals surface area contributed by atoms with E-state index in [1.807, 2.05) is 0 Å². The summed E-state index contributed by atoms with van der Waals surface area (Å²) in [6, 6.07) is 40.8. The number of halogens is 2. The van der Waals surface area contributed by atoms with Crippen LogP contribution in [0.3, 0.4) is 0 Å². The van der Waals surface area contributed by atoms with E-state index in [1.165, 1.54) is 49.7 Å². The molecule has 0 saturated carbocycles. The van der Waals surface area contributed by atoms with Crippen molar-refractivity contribution in [1.82, 2.24) is 0 Å². The number of fused-ring (bicyclic) bond motifs is 2. The van der Waals surface area contributed by atoms with E-state index in [-0.39, 0.29) is 51.0 Å². The first kappa shape index (κ1) is 33.9. The van der Waals surface area contributed by atoms with Crippen LogP contribution in [0.1, 0.15) is 30.9 Å².